The zero-order valence-corrected chi connectivity index (χ0v) is 20.6. The van der Waals surface area contributed by atoms with Gasteiger partial charge in [-0.05, 0) is 80.0 Å². The summed E-state index contributed by atoms with van der Waals surface area (Å²) >= 11 is 0. The molecule has 176 valence electrons. The van der Waals surface area contributed by atoms with Gasteiger partial charge in [0.2, 0.25) is 0 Å². The number of hydrogen-bond donors (Lipinski definition) is 0. The van der Waals surface area contributed by atoms with Crippen LogP contribution in [0.5, 0.6) is 0 Å². The Kier molecular flexibility index (Phi) is 5.78. The van der Waals surface area contributed by atoms with Crippen molar-refractivity contribution < 1.29 is 9.53 Å². The van der Waals surface area contributed by atoms with E-state index in [4.69, 9.17) is 4.74 Å². The molecule has 3 fully saturated rings. The minimum Gasteiger partial charge on any atom is -0.463 e. The van der Waals surface area contributed by atoms with Crippen LogP contribution in [-0.4, -0.2) is 21.6 Å². The van der Waals surface area contributed by atoms with Gasteiger partial charge in [0.25, 0.3) is 0 Å². The number of unbranched alkanes of at least 4 members (excludes halogenated alkanes) is 1. The van der Waals surface area contributed by atoms with Gasteiger partial charge in [0, 0.05) is 30.4 Å². The Morgan fingerprint density at radius 3 is 2.75 bits per heavy atom. The lowest BCUT2D eigenvalue weighted by atomic mass is 9.42. The van der Waals surface area contributed by atoms with Crippen LogP contribution in [0.2, 0.25) is 0 Å². The topological polar surface area (TPSA) is 44.1 Å². The average Bonchev–Trinajstić information content (AvgIpc) is 3.39. The molecule has 8 unspecified atom stereocenters. The third kappa shape index (κ3) is 3.47. The Morgan fingerprint density at radius 2 is 2.03 bits per heavy atom. The summed E-state index contributed by atoms with van der Waals surface area (Å²) in [5.41, 5.74) is 2.17. The number of hydrogen-bond acceptors (Lipinski definition) is 3. The first kappa shape index (κ1) is 22.2. The normalized spacial score (nSPS) is 43.1. The fourth-order valence-corrected chi connectivity index (χ4v) is 8.94. The lowest BCUT2D eigenvalue weighted by Crippen LogP contribution is -2.56. The van der Waals surface area contributed by atoms with Crippen LogP contribution in [0.25, 0.3) is 5.70 Å². The molecule has 0 N–H and O–H groups in total. The van der Waals surface area contributed by atoms with Gasteiger partial charge in [-0.3, -0.25) is 4.79 Å². The molecular weight excluding hydrogens is 396 g/mol. The van der Waals surface area contributed by atoms with Crippen LogP contribution in [0.1, 0.15) is 91.9 Å². The number of allylic oxidation sites excluding steroid dienone is 2. The van der Waals surface area contributed by atoms with Crippen LogP contribution in [0.15, 0.2) is 24.8 Å². The monoisotopic (exact) mass is 438 g/mol. The number of ether oxygens (including phenoxy) is 1. The molecule has 0 aromatic carbocycles. The molecule has 0 amide bonds. The van der Waals surface area contributed by atoms with Gasteiger partial charge in [0.05, 0.1) is 6.33 Å². The summed E-state index contributed by atoms with van der Waals surface area (Å²) in [6.45, 7) is 9.06. The highest BCUT2D eigenvalue weighted by molar-refractivity contribution is 5.66. The molecule has 32 heavy (non-hydrogen) atoms. The van der Waals surface area contributed by atoms with Crippen molar-refractivity contribution in [1.82, 2.24) is 9.55 Å². The maximum Gasteiger partial charge on any atom is 0.302 e. The fourth-order valence-electron chi connectivity index (χ4n) is 8.94. The van der Waals surface area contributed by atoms with Crippen LogP contribution in [0.3, 0.4) is 0 Å². The van der Waals surface area contributed by atoms with Gasteiger partial charge in [0.15, 0.2) is 0 Å². The van der Waals surface area contributed by atoms with Crippen molar-refractivity contribution in [2.75, 3.05) is 0 Å². The summed E-state index contributed by atoms with van der Waals surface area (Å²) in [6, 6.07) is 0. The van der Waals surface area contributed by atoms with Crippen molar-refractivity contribution in [1.29, 1.82) is 0 Å². The largest absolute Gasteiger partial charge is 0.463 e. The standard InChI is InChI=1S/C28H42N2O2/c1-5-6-7-20-16-22-23-8-9-26(30-15-14-29-18-30)28(23,4)13-11-24(22)27(3)12-10-21(17-25(20)27)32-19(2)31/h9,14-15,18,20-25H,5-8,10-13,16-17H2,1-4H3. The lowest BCUT2D eigenvalue weighted by molar-refractivity contribution is -0.166. The summed E-state index contributed by atoms with van der Waals surface area (Å²) in [6.07, 6.45) is 21.3. The second-order valence-corrected chi connectivity index (χ2v) is 11.9. The Balaban J connectivity index is 1.43. The zero-order chi connectivity index (χ0) is 22.5. The van der Waals surface area contributed by atoms with Crippen LogP contribution in [0, 0.1) is 40.4 Å². The molecule has 0 radical (unpaired) electrons. The third-order valence-corrected chi connectivity index (χ3v) is 10.4. The number of carbonyl (C=O) groups excluding carboxylic acids is 1. The number of fused-ring (bicyclic) bond motifs is 5. The first-order chi connectivity index (χ1) is 15.4. The van der Waals surface area contributed by atoms with Crippen LogP contribution in [0.4, 0.5) is 0 Å². The second kappa shape index (κ2) is 8.33. The van der Waals surface area contributed by atoms with Gasteiger partial charge in [-0.15, -0.1) is 0 Å². The minimum atomic E-state index is -0.102. The maximum absolute atomic E-state index is 11.7. The number of nitrogens with zero attached hydrogens (tertiary/aromatic N) is 2. The van der Waals surface area contributed by atoms with E-state index < -0.39 is 0 Å². The van der Waals surface area contributed by atoms with E-state index in [0.717, 1.165) is 36.5 Å². The second-order valence-electron chi connectivity index (χ2n) is 11.9. The average molecular weight is 439 g/mol. The Labute approximate surface area is 194 Å². The van der Waals surface area contributed by atoms with E-state index in [1.165, 1.54) is 57.1 Å². The van der Waals surface area contributed by atoms with Crippen molar-refractivity contribution >= 4 is 11.7 Å². The Bertz CT molecular complexity index is 861. The van der Waals surface area contributed by atoms with Crippen molar-refractivity contribution in [3.63, 3.8) is 0 Å². The molecule has 1 aromatic rings. The first-order valence-corrected chi connectivity index (χ1v) is 13.2. The Hall–Kier alpha value is -1.58. The molecule has 4 heteroatoms. The summed E-state index contributed by atoms with van der Waals surface area (Å²) in [5, 5.41) is 0. The molecule has 4 aliphatic carbocycles. The van der Waals surface area contributed by atoms with E-state index in [1.54, 1.807) is 6.92 Å². The smallest absolute Gasteiger partial charge is 0.302 e. The molecule has 8 atom stereocenters. The molecule has 0 aliphatic heterocycles. The fraction of sp³-hybridized carbons (Fsp3) is 0.786. The van der Waals surface area contributed by atoms with Crippen LogP contribution >= 0.6 is 0 Å². The van der Waals surface area contributed by atoms with Crippen molar-refractivity contribution in [2.45, 2.75) is 98.0 Å². The van der Waals surface area contributed by atoms with Gasteiger partial charge in [-0.1, -0.05) is 46.1 Å². The van der Waals surface area contributed by atoms with E-state index in [1.807, 2.05) is 12.5 Å². The third-order valence-electron chi connectivity index (χ3n) is 10.4. The van der Waals surface area contributed by atoms with E-state index in [9.17, 15) is 4.79 Å². The van der Waals surface area contributed by atoms with E-state index in [2.05, 4.69) is 42.6 Å². The van der Waals surface area contributed by atoms with E-state index in [-0.39, 0.29) is 17.5 Å². The van der Waals surface area contributed by atoms with Crippen LogP contribution < -0.4 is 0 Å². The summed E-state index contributed by atoms with van der Waals surface area (Å²) in [5.74, 6) is 3.78. The highest BCUT2D eigenvalue weighted by atomic mass is 16.5. The summed E-state index contributed by atoms with van der Waals surface area (Å²) < 4.78 is 8.04. The summed E-state index contributed by atoms with van der Waals surface area (Å²) in [7, 11) is 0. The molecule has 5 rings (SSSR count). The minimum absolute atomic E-state index is 0.102. The molecule has 0 bridgehead atoms. The van der Waals surface area contributed by atoms with Gasteiger partial charge in [-0.2, -0.15) is 0 Å². The van der Waals surface area contributed by atoms with Crippen molar-refractivity contribution in [3.05, 3.63) is 24.8 Å². The zero-order valence-electron chi connectivity index (χ0n) is 20.6. The van der Waals surface area contributed by atoms with Crippen molar-refractivity contribution in [3.8, 4) is 0 Å². The molecule has 1 heterocycles. The van der Waals surface area contributed by atoms with Gasteiger partial charge in [-0.25, -0.2) is 4.98 Å². The quantitative estimate of drug-likeness (QED) is 0.479. The number of aromatic nitrogens is 2. The number of imidazole rings is 1. The first-order valence-electron chi connectivity index (χ1n) is 13.2. The molecule has 0 spiro atoms. The predicted molar refractivity (Wildman–Crippen MR) is 128 cm³/mol. The highest BCUT2D eigenvalue weighted by Gasteiger charge is 2.61. The SMILES string of the molecule is CCCCC1CC2C3CC=C(n4ccnc4)C3(C)CCC2C2(C)CCC(OC(C)=O)CC12. The number of rotatable bonds is 5. The molecule has 3 saturated carbocycles. The Morgan fingerprint density at radius 1 is 1.19 bits per heavy atom. The number of carbonyl (C=O) groups is 1. The van der Waals surface area contributed by atoms with Gasteiger partial charge >= 0.3 is 5.97 Å². The summed E-state index contributed by atoms with van der Waals surface area (Å²) in [4.78, 5) is 16.0. The highest BCUT2D eigenvalue weighted by Crippen LogP contribution is 2.68. The van der Waals surface area contributed by atoms with Gasteiger partial charge in [0.1, 0.15) is 6.10 Å². The predicted octanol–water partition coefficient (Wildman–Crippen LogP) is 6.72. The lowest BCUT2D eigenvalue weighted by Gasteiger charge is -2.63. The van der Waals surface area contributed by atoms with E-state index in [0.29, 0.717) is 11.3 Å². The molecule has 1 aromatic heterocycles. The van der Waals surface area contributed by atoms with Crippen molar-refractivity contribution in [2.24, 2.45) is 40.4 Å². The molecular formula is C28H42N2O2. The number of esters is 1. The molecule has 4 aliphatic rings. The molecule has 0 saturated heterocycles. The van der Waals surface area contributed by atoms with E-state index >= 15 is 0 Å². The molecule has 4 nitrogen and oxygen atoms in total. The maximum atomic E-state index is 11.7. The van der Waals surface area contributed by atoms with Crippen LogP contribution in [-0.2, 0) is 9.53 Å². The van der Waals surface area contributed by atoms with Gasteiger partial charge < -0.3 is 9.30 Å².